The zero-order chi connectivity index (χ0) is 13.3. The third-order valence-electron chi connectivity index (χ3n) is 3.28. The first-order valence-electron chi connectivity index (χ1n) is 5.87. The summed E-state index contributed by atoms with van der Waals surface area (Å²) in [5.74, 6) is -1.30. The largest absolute Gasteiger partial charge is 0.378 e. The van der Waals surface area contributed by atoms with Crippen LogP contribution in [0.25, 0.3) is 0 Å². The molecule has 0 amide bonds. The van der Waals surface area contributed by atoms with Crippen LogP contribution in [0.15, 0.2) is 12.1 Å². The summed E-state index contributed by atoms with van der Waals surface area (Å²) >= 11 is 0. The molecule has 0 bridgehead atoms. The van der Waals surface area contributed by atoms with Gasteiger partial charge in [0.25, 0.3) is 5.69 Å². The van der Waals surface area contributed by atoms with Crippen molar-refractivity contribution in [2.45, 2.75) is 32.2 Å². The van der Waals surface area contributed by atoms with Crippen molar-refractivity contribution in [3.05, 3.63) is 33.9 Å². The van der Waals surface area contributed by atoms with Crippen molar-refractivity contribution in [3.8, 4) is 0 Å². The van der Waals surface area contributed by atoms with Gasteiger partial charge in [-0.2, -0.15) is 0 Å². The molecule has 0 heterocycles. The Bertz CT molecular complexity index is 456. The second-order valence-electron chi connectivity index (χ2n) is 4.80. The Kier molecular flexibility index (Phi) is 3.45. The predicted molar refractivity (Wildman–Crippen MR) is 63.4 cm³/mol. The van der Waals surface area contributed by atoms with Crippen LogP contribution in [-0.2, 0) is 0 Å². The van der Waals surface area contributed by atoms with Gasteiger partial charge in [0.15, 0.2) is 11.6 Å². The Morgan fingerprint density at radius 3 is 2.39 bits per heavy atom. The van der Waals surface area contributed by atoms with Crippen molar-refractivity contribution in [1.82, 2.24) is 0 Å². The first-order valence-corrected chi connectivity index (χ1v) is 5.87. The molecule has 2 rings (SSSR count). The van der Waals surface area contributed by atoms with Crippen LogP contribution >= 0.6 is 0 Å². The number of hydrogen-bond donors (Lipinski definition) is 1. The molecule has 4 nitrogen and oxygen atoms in total. The van der Waals surface area contributed by atoms with E-state index < -0.39 is 22.2 Å². The molecule has 1 fully saturated rings. The lowest BCUT2D eigenvalue weighted by Gasteiger charge is -2.15. The average Bonchev–Trinajstić information content (AvgIpc) is 2.69. The van der Waals surface area contributed by atoms with Crippen LogP contribution in [0.1, 0.15) is 26.2 Å². The van der Waals surface area contributed by atoms with Gasteiger partial charge in [-0.3, -0.25) is 10.1 Å². The molecule has 0 saturated heterocycles. The number of halogens is 2. The fourth-order valence-corrected chi connectivity index (χ4v) is 2.35. The molecule has 0 aromatic heterocycles. The molecule has 1 aromatic carbocycles. The highest BCUT2D eigenvalue weighted by atomic mass is 19.1. The molecule has 1 aliphatic rings. The highest BCUT2D eigenvalue weighted by Gasteiger charge is 2.24. The SMILES string of the molecule is CC1CCC(Nc2c(F)cc([N+](=O)[O-])cc2F)C1. The van der Waals surface area contributed by atoms with Gasteiger partial charge in [0.05, 0.1) is 17.1 Å². The van der Waals surface area contributed by atoms with Crippen LogP contribution in [0, 0.1) is 27.7 Å². The van der Waals surface area contributed by atoms with Crippen molar-refractivity contribution < 1.29 is 13.7 Å². The van der Waals surface area contributed by atoms with E-state index in [1.807, 2.05) is 0 Å². The third kappa shape index (κ3) is 2.57. The van der Waals surface area contributed by atoms with Gasteiger partial charge in [0.2, 0.25) is 0 Å². The summed E-state index contributed by atoms with van der Waals surface area (Å²) in [5.41, 5.74) is -0.838. The Morgan fingerprint density at radius 2 is 1.94 bits per heavy atom. The zero-order valence-corrected chi connectivity index (χ0v) is 9.95. The number of nitro benzene ring substituents is 1. The molecule has 2 unspecified atom stereocenters. The molecule has 0 radical (unpaired) electrons. The van der Waals surface area contributed by atoms with Gasteiger partial charge in [-0.05, 0) is 25.2 Å². The second kappa shape index (κ2) is 4.88. The van der Waals surface area contributed by atoms with Crippen LogP contribution in [0.4, 0.5) is 20.2 Å². The summed E-state index contributed by atoms with van der Waals surface area (Å²) in [4.78, 5) is 9.64. The van der Waals surface area contributed by atoms with Crippen LogP contribution in [0.2, 0.25) is 0 Å². The van der Waals surface area contributed by atoms with Crippen LogP contribution in [-0.4, -0.2) is 11.0 Å². The van der Waals surface area contributed by atoms with Gasteiger partial charge in [0.1, 0.15) is 5.69 Å². The van der Waals surface area contributed by atoms with Crippen LogP contribution in [0.5, 0.6) is 0 Å². The summed E-state index contributed by atoms with van der Waals surface area (Å²) in [5, 5.41) is 13.3. The molecule has 0 aliphatic heterocycles. The van der Waals surface area contributed by atoms with Gasteiger partial charge in [0, 0.05) is 6.04 Å². The van der Waals surface area contributed by atoms with Crippen LogP contribution in [0.3, 0.4) is 0 Å². The van der Waals surface area contributed by atoms with E-state index in [9.17, 15) is 18.9 Å². The maximum atomic E-state index is 13.6. The van der Waals surface area contributed by atoms with E-state index in [0.29, 0.717) is 5.92 Å². The minimum absolute atomic E-state index is 0.0328. The molecule has 1 aromatic rings. The highest BCUT2D eigenvalue weighted by Crippen LogP contribution is 2.31. The molecular weight excluding hydrogens is 242 g/mol. The minimum atomic E-state index is -0.916. The number of nitrogens with one attached hydrogen (secondary N) is 1. The summed E-state index contributed by atoms with van der Waals surface area (Å²) < 4.78 is 27.2. The summed E-state index contributed by atoms with van der Waals surface area (Å²) in [7, 11) is 0. The van der Waals surface area contributed by atoms with Gasteiger partial charge in [-0.15, -0.1) is 0 Å². The summed E-state index contributed by atoms with van der Waals surface area (Å²) in [6, 6.07) is 1.51. The van der Waals surface area contributed by atoms with Crippen molar-refractivity contribution in [2.75, 3.05) is 5.32 Å². The first-order chi connectivity index (χ1) is 8.47. The van der Waals surface area contributed by atoms with Gasteiger partial charge in [-0.1, -0.05) is 6.92 Å². The summed E-state index contributed by atoms with van der Waals surface area (Å²) in [6.45, 7) is 2.09. The average molecular weight is 256 g/mol. The lowest BCUT2D eigenvalue weighted by atomic mass is 10.1. The molecule has 98 valence electrons. The van der Waals surface area contributed by atoms with Crippen LogP contribution < -0.4 is 5.32 Å². The molecule has 1 saturated carbocycles. The number of benzene rings is 1. The quantitative estimate of drug-likeness (QED) is 0.665. The normalized spacial score (nSPS) is 23.1. The lowest BCUT2D eigenvalue weighted by molar-refractivity contribution is -0.385. The first kappa shape index (κ1) is 12.7. The van der Waals surface area contributed by atoms with Crippen molar-refractivity contribution in [3.63, 3.8) is 0 Å². The van der Waals surface area contributed by atoms with E-state index >= 15 is 0 Å². The van der Waals surface area contributed by atoms with Crippen molar-refractivity contribution in [2.24, 2.45) is 5.92 Å². The van der Waals surface area contributed by atoms with E-state index in [1.54, 1.807) is 0 Å². The Balaban J connectivity index is 2.20. The minimum Gasteiger partial charge on any atom is -0.378 e. The molecule has 1 aliphatic carbocycles. The molecule has 6 heteroatoms. The molecule has 1 N–H and O–H groups in total. The number of non-ortho nitro benzene ring substituents is 1. The van der Waals surface area contributed by atoms with Gasteiger partial charge < -0.3 is 5.32 Å². The highest BCUT2D eigenvalue weighted by molar-refractivity contribution is 5.52. The molecule has 0 spiro atoms. The van der Waals surface area contributed by atoms with Gasteiger partial charge in [-0.25, -0.2) is 8.78 Å². The smallest absolute Gasteiger partial charge is 0.275 e. The maximum absolute atomic E-state index is 13.6. The zero-order valence-electron chi connectivity index (χ0n) is 9.95. The number of nitrogens with zero attached hydrogens (tertiary/aromatic N) is 1. The van der Waals surface area contributed by atoms with E-state index in [1.165, 1.54) is 0 Å². The topological polar surface area (TPSA) is 55.2 Å². The van der Waals surface area contributed by atoms with E-state index in [-0.39, 0.29) is 11.7 Å². The number of rotatable bonds is 3. The summed E-state index contributed by atoms with van der Waals surface area (Å²) in [6.07, 6.45) is 2.74. The predicted octanol–water partition coefficient (Wildman–Crippen LogP) is 3.47. The third-order valence-corrected chi connectivity index (χ3v) is 3.28. The standard InChI is InChI=1S/C12H14F2N2O2/c1-7-2-3-8(4-7)15-12-10(13)5-9(16(17)18)6-11(12)14/h5-8,15H,2-4H2,1H3. The Labute approximate surface area is 103 Å². The van der Waals surface area contributed by atoms with E-state index in [0.717, 1.165) is 31.4 Å². The fraction of sp³-hybridized carbons (Fsp3) is 0.500. The Morgan fingerprint density at radius 1 is 1.33 bits per heavy atom. The Hall–Kier alpha value is -1.72. The molecular formula is C12H14F2N2O2. The molecule has 2 atom stereocenters. The fourth-order valence-electron chi connectivity index (χ4n) is 2.35. The number of hydrogen-bond acceptors (Lipinski definition) is 3. The maximum Gasteiger partial charge on any atom is 0.275 e. The second-order valence-corrected chi connectivity index (χ2v) is 4.80. The molecule has 18 heavy (non-hydrogen) atoms. The van der Waals surface area contributed by atoms with Gasteiger partial charge >= 0.3 is 0 Å². The number of anilines is 1. The number of nitro groups is 1. The van der Waals surface area contributed by atoms with Crippen molar-refractivity contribution in [1.29, 1.82) is 0 Å². The lowest BCUT2D eigenvalue weighted by Crippen LogP contribution is -2.17. The monoisotopic (exact) mass is 256 g/mol. The van der Waals surface area contributed by atoms with Crippen molar-refractivity contribution >= 4 is 11.4 Å². The van der Waals surface area contributed by atoms with E-state index in [2.05, 4.69) is 12.2 Å². The van der Waals surface area contributed by atoms with E-state index in [4.69, 9.17) is 0 Å².